The average molecular weight is 434 g/mol. The van der Waals surface area contributed by atoms with Crippen LogP contribution in [0, 0.1) is 0 Å². The molecule has 0 aliphatic carbocycles. The molecule has 0 atom stereocenters. The largest absolute Gasteiger partial charge is 0.295 e. The predicted molar refractivity (Wildman–Crippen MR) is 123 cm³/mol. The lowest BCUT2D eigenvalue weighted by atomic mass is 10.0. The average Bonchev–Trinajstić information content (AvgIpc) is 2.74. The molecule has 1 aliphatic rings. The van der Waals surface area contributed by atoms with Crippen molar-refractivity contribution in [3.8, 4) is 0 Å². The van der Waals surface area contributed by atoms with Crippen LogP contribution in [0.15, 0.2) is 82.4 Å². The highest BCUT2D eigenvalue weighted by Gasteiger charge is 2.16. The summed E-state index contributed by atoms with van der Waals surface area (Å²) in [5.41, 5.74) is 2.57. The van der Waals surface area contributed by atoms with Crippen molar-refractivity contribution in [3.63, 3.8) is 0 Å². The summed E-state index contributed by atoms with van der Waals surface area (Å²) in [6.07, 6.45) is 3.98. The van der Waals surface area contributed by atoms with E-state index >= 15 is 0 Å². The third-order valence-electron chi connectivity index (χ3n) is 5.07. The van der Waals surface area contributed by atoms with Gasteiger partial charge in [-0.15, -0.1) is 0 Å². The van der Waals surface area contributed by atoms with E-state index in [2.05, 4.69) is 91.6 Å². The van der Waals surface area contributed by atoms with Crippen molar-refractivity contribution in [2.45, 2.75) is 6.54 Å². The predicted octanol–water partition coefficient (Wildman–Crippen LogP) is 5.38. The molecule has 1 saturated heterocycles. The molecule has 4 heteroatoms. The van der Waals surface area contributed by atoms with Crippen LogP contribution in [-0.2, 0) is 6.54 Å². The number of allylic oxidation sites excluding steroid dienone is 1. The van der Waals surface area contributed by atoms with Crippen molar-refractivity contribution >= 4 is 39.0 Å². The highest BCUT2D eigenvalue weighted by atomic mass is 79.9. The maximum absolute atomic E-state index is 4.64. The summed E-state index contributed by atoms with van der Waals surface area (Å²) in [5.74, 6) is 0. The first-order valence-electron chi connectivity index (χ1n) is 9.68. The number of fused-ring (bicyclic) bond motifs is 1. The van der Waals surface area contributed by atoms with E-state index in [9.17, 15) is 0 Å². The van der Waals surface area contributed by atoms with Crippen LogP contribution in [-0.4, -0.2) is 42.3 Å². The molecule has 142 valence electrons. The summed E-state index contributed by atoms with van der Waals surface area (Å²) in [6.45, 7) is 4.96. The van der Waals surface area contributed by atoms with E-state index in [-0.39, 0.29) is 0 Å². The molecule has 0 spiro atoms. The number of benzene rings is 3. The van der Waals surface area contributed by atoms with Crippen LogP contribution in [0.5, 0.6) is 0 Å². The Morgan fingerprint density at radius 1 is 0.857 bits per heavy atom. The molecule has 28 heavy (non-hydrogen) atoms. The molecule has 0 amide bonds. The first-order valence-corrected chi connectivity index (χ1v) is 10.5. The molecular formula is C24H24BrN3. The Kier molecular flexibility index (Phi) is 6.20. The van der Waals surface area contributed by atoms with Gasteiger partial charge in [0.2, 0.25) is 0 Å². The van der Waals surface area contributed by atoms with Crippen LogP contribution < -0.4 is 0 Å². The second kappa shape index (κ2) is 9.18. The number of halogens is 1. The van der Waals surface area contributed by atoms with E-state index < -0.39 is 0 Å². The molecule has 0 N–H and O–H groups in total. The number of hydrogen-bond acceptors (Lipinski definition) is 3. The van der Waals surface area contributed by atoms with E-state index in [4.69, 9.17) is 0 Å². The zero-order valence-corrected chi connectivity index (χ0v) is 17.4. The van der Waals surface area contributed by atoms with Gasteiger partial charge in [-0.2, -0.15) is 5.10 Å². The molecule has 0 bridgehead atoms. The number of rotatable bonds is 5. The topological polar surface area (TPSA) is 18.8 Å². The molecule has 3 nitrogen and oxygen atoms in total. The van der Waals surface area contributed by atoms with Crippen molar-refractivity contribution in [3.05, 3.63) is 88.4 Å². The quantitative estimate of drug-likeness (QED) is 0.503. The van der Waals surface area contributed by atoms with Gasteiger partial charge in [0.25, 0.3) is 0 Å². The summed E-state index contributed by atoms with van der Waals surface area (Å²) in [6, 6.07) is 25.5. The lowest BCUT2D eigenvalue weighted by Crippen LogP contribution is -2.43. The molecule has 0 saturated carbocycles. The molecule has 1 heterocycles. The number of hydrazone groups is 1. The Morgan fingerprint density at radius 2 is 1.57 bits per heavy atom. The van der Waals surface area contributed by atoms with Gasteiger partial charge < -0.3 is 0 Å². The Morgan fingerprint density at radius 3 is 2.39 bits per heavy atom. The van der Waals surface area contributed by atoms with Gasteiger partial charge in [-0.05, 0) is 43.9 Å². The molecule has 1 aliphatic heterocycles. The van der Waals surface area contributed by atoms with Crippen molar-refractivity contribution < 1.29 is 0 Å². The lowest BCUT2D eigenvalue weighted by Gasteiger charge is -2.33. The van der Waals surface area contributed by atoms with E-state index in [0.717, 1.165) is 37.2 Å². The minimum Gasteiger partial charge on any atom is -0.295 e. The fraction of sp³-hybridized carbons (Fsp3) is 0.208. The molecule has 1 fully saturated rings. The van der Waals surface area contributed by atoms with Crippen LogP contribution in [0.2, 0.25) is 0 Å². The Labute approximate surface area is 175 Å². The van der Waals surface area contributed by atoms with Crippen molar-refractivity contribution in [1.29, 1.82) is 0 Å². The van der Waals surface area contributed by atoms with Gasteiger partial charge in [0, 0.05) is 37.2 Å². The second-order valence-electron chi connectivity index (χ2n) is 7.05. The minimum atomic E-state index is 0.951. The third kappa shape index (κ3) is 4.89. The van der Waals surface area contributed by atoms with Gasteiger partial charge in [0.15, 0.2) is 0 Å². The first kappa shape index (κ1) is 18.9. The Hall–Kier alpha value is -2.43. The summed E-state index contributed by atoms with van der Waals surface area (Å²) >= 11 is 3.60. The van der Waals surface area contributed by atoms with Crippen LogP contribution in [0.25, 0.3) is 16.8 Å². The first-order chi connectivity index (χ1) is 13.8. The highest BCUT2D eigenvalue weighted by molar-refractivity contribution is 9.12. The summed E-state index contributed by atoms with van der Waals surface area (Å²) < 4.78 is 0.983. The standard InChI is InChI=1S/C24H24BrN3/c25-23(17-20-7-2-1-3-8-20)18-26-28-15-13-27(14-16-28)19-22-11-6-10-21-9-4-5-12-24(21)22/h1-12,17-18H,13-16,19H2/b23-17+,26-18+. The lowest BCUT2D eigenvalue weighted by molar-refractivity contribution is 0.131. The van der Waals surface area contributed by atoms with Gasteiger partial charge in [0.1, 0.15) is 0 Å². The SMILES string of the molecule is BrC(/C=N/N1CCN(Cc2cccc3ccccc23)CC1)=C/c1ccccc1. The van der Waals surface area contributed by atoms with Crippen LogP contribution in [0.1, 0.15) is 11.1 Å². The van der Waals surface area contributed by atoms with Crippen molar-refractivity contribution in [2.75, 3.05) is 26.2 Å². The molecule has 3 aromatic carbocycles. The zero-order valence-electron chi connectivity index (χ0n) is 15.8. The molecule has 0 unspecified atom stereocenters. The monoisotopic (exact) mass is 433 g/mol. The maximum Gasteiger partial charge on any atom is 0.0612 e. The summed E-state index contributed by atoms with van der Waals surface area (Å²) in [5, 5.41) is 9.47. The molecule has 0 aromatic heterocycles. The Balaban J connectivity index is 1.33. The van der Waals surface area contributed by atoms with E-state index in [1.807, 2.05) is 24.4 Å². The van der Waals surface area contributed by atoms with Gasteiger partial charge >= 0.3 is 0 Å². The van der Waals surface area contributed by atoms with E-state index in [0.29, 0.717) is 0 Å². The van der Waals surface area contributed by atoms with Gasteiger partial charge in [-0.25, -0.2) is 0 Å². The molecule has 3 aromatic rings. The maximum atomic E-state index is 4.64. The summed E-state index contributed by atoms with van der Waals surface area (Å²) in [4.78, 5) is 2.52. The van der Waals surface area contributed by atoms with Crippen molar-refractivity contribution in [2.24, 2.45) is 5.10 Å². The highest BCUT2D eigenvalue weighted by Crippen LogP contribution is 2.20. The normalized spacial score (nSPS) is 16.2. The summed E-state index contributed by atoms with van der Waals surface area (Å²) in [7, 11) is 0. The number of hydrogen-bond donors (Lipinski definition) is 0. The minimum absolute atomic E-state index is 0.951. The Bertz CT molecular complexity index is 968. The second-order valence-corrected chi connectivity index (χ2v) is 7.97. The van der Waals surface area contributed by atoms with Crippen LogP contribution in [0.3, 0.4) is 0 Å². The number of nitrogens with zero attached hydrogens (tertiary/aromatic N) is 3. The third-order valence-corrected chi connectivity index (χ3v) is 5.50. The smallest absolute Gasteiger partial charge is 0.0612 e. The van der Waals surface area contributed by atoms with E-state index in [1.54, 1.807) is 0 Å². The molecule has 4 rings (SSSR count). The van der Waals surface area contributed by atoms with Crippen LogP contribution in [0.4, 0.5) is 0 Å². The molecular weight excluding hydrogens is 410 g/mol. The van der Waals surface area contributed by atoms with Gasteiger partial charge in [-0.1, -0.05) is 72.8 Å². The molecule has 0 radical (unpaired) electrons. The fourth-order valence-corrected chi connectivity index (χ4v) is 3.92. The van der Waals surface area contributed by atoms with Gasteiger partial charge in [0.05, 0.1) is 6.21 Å². The fourth-order valence-electron chi connectivity index (χ4n) is 3.56. The van der Waals surface area contributed by atoms with Gasteiger partial charge in [-0.3, -0.25) is 9.91 Å². The van der Waals surface area contributed by atoms with Crippen molar-refractivity contribution in [1.82, 2.24) is 9.91 Å². The van der Waals surface area contributed by atoms with Crippen LogP contribution >= 0.6 is 15.9 Å². The zero-order chi connectivity index (χ0) is 19.2. The number of piperazine rings is 1. The van der Waals surface area contributed by atoms with E-state index in [1.165, 1.54) is 21.9 Å².